The van der Waals surface area contributed by atoms with E-state index in [1.54, 1.807) is 53.3 Å². The number of aryl methyl sites for hydroxylation is 1. The summed E-state index contributed by atoms with van der Waals surface area (Å²) in [6.45, 7) is 2.18. The van der Waals surface area contributed by atoms with Crippen LogP contribution in [0, 0.1) is 0 Å². The molecule has 0 saturated carbocycles. The van der Waals surface area contributed by atoms with Gasteiger partial charge in [0, 0.05) is 10.9 Å². The van der Waals surface area contributed by atoms with Gasteiger partial charge in [-0.3, -0.25) is 4.79 Å². The van der Waals surface area contributed by atoms with Crippen molar-refractivity contribution in [1.82, 2.24) is 15.0 Å². The Labute approximate surface area is 235 Å². The van der Waals surface area contributed by atoms with Crippen molar-refractivity contribution >= 4 is 45.2 Å². The number of nitrogens with one attached hydrogen (secondary N) is 1. The molecule has 6 rings (SSSR count). The third-order valence-corrected chi connectivity index (χ3v) is 7.12. The summed E-state index contributed by atoms with van der Waals surface area (Å²) in [5, 5.41) is 13.2. The summed E-state index contributed by atoms with van der Waals surface area (Å²) in [5.74, 6) is -0.339. The molecule has 8 heteroatoms. The van der Waals surface area contributed by atoms with Crippen LogP contribution in [0.3, 0.4) is 0 Å². The second-order valence-electron chi connectivity index (χ2n) is 9.60. The fraction of sp³-hybridized carbons (Fsp3) is 0.125. The van der Waals surface area contributed by atoms with E-state index in [1.807, 2.05) is 30.3 Å². The highest BCUT2D eigenvalue weighted by Crippen LogP contribution is 2.28. The highest BCUT2D eigenvalue weighted by atomic mass is 35.5. The van der Waals surface area contributed by atoms with Gasteiger partial charge in [-0.15, -0.1) is 10.2 Å². The van der Waals surface area contributed by atoms with Crippen molar-refractivity contribution in [1.29, 1.82) is 0 Å². The maximum absolute atomic E-state index is 13.0. The van der Waals surface area contributed by atoms with Gasteiger partial charge in [-0.05, 0) is 72.5 Å². The number of benzene rings is 4. The first-order valence-corrected chi connectivity index (χ1v) is 13.5. The van der Waals surface area contributed by atoms with Gasteiger partial charge < -0.3 is 9.73 Å². The number of unbranched alkanes of at least 4 members (excludes halogenated alkanes) is 1. The van der Waals surface area contributed by atoms with Crippen molar-refractivity contribution in [2.75, 3.05) is 5.32 Å². The second-order valence-corrected chi connectivity index (χ2v) is 10.0. The molecule has 0 radical (unpaired) electrons. The number of halogens is 1. The van der Waals surface area contributed by atoms with Crippen LogP contribution in [-0.4, -0.2) is 20.9 Å². The Bertz CT molecular complexity index is 1910. The number of carbonyl (C=O) groups excluding carboxylic acids is 1. The van der Waals surface area contributed by atoms with Crippen molar-refractivity contribution in [2.24, 2.45) is 0 Å². The maximum atomic E-state index is 13.0. The van der Waals surface area contributed by atoms with E-state index in [1.165, 1.54) is 5.56 Å². The van der Waals surface area contributed by atoms with Crippen LogP contribution in [0.2, 0.25) is 5.02 Å². The summed E-state index contributed by atoms with van der Waals surface area (Å²) in [6.07, 6.45) is 3.36. The predicted molar refractivity (Wildman–Crippen MR) is 158 cm³/mol. The number of carbonyl (C=O) groups is 1. The van der Waals surface area contributed by atoms with Crippen LogP contribution in [0.1, 0.15) is 35.7 Å². The summed E-state index contributed by atoms with van der Waals surface area (Å²) >= 11 is 6.49. The highest BCUT2D eigenvalue weighted by molar-refractivity contribution is 6.34. The number of amides is 1. The van der Waals surface area contributed by atoms with Gasteiger partial charge >= 0.3 is 5.63 Å². The Morgan fingerprint density at radius 3 is 2.40 bits per heavy atom. The minimum absolute atomic E-state index is 0.339. The normalized spacial score (nSPS) is 11.2. The van der Waals surface area contributed by atoms with Crippen molar-refractivity contribution in [3.05, 3.63) is 118 Å². The number of fused-ring (bicyclic) bond motifs is 2. The van der Waals surface area contributed by atoms with Gasteiger partial charge in [0.15, 0.2) is 0 Å². The lowest BCUT2D eigenvalue weighted by Crippen LogP contribution is -2.12. The number of hydrogen-bond acceptors (Lipinski definition) is 5. The largest absolute Gasteiger partial charge is 0.422 e. The molecule has 6 aromatic rings. The van der Waals surface area contributed by atoms with Crippen LogP contribution < -0.4 is 10.9 Å². The first-order chi connectivity index (χ1) is 19.5. The van der Waals surface area contributed by atoms with Crippen molar-refractivity contribution in [3.8, 4) is 16.8 Å². The molecule has 0 aliphatic heterocycles. The number of para-hydroxylation sites is 1. The van der Waals surface area contributed by atoms with Crippen molar-refractivity contribution in [3.63, 3.8) is 0 Å². The lowest BCUT2D eigenvalue weighted by Gasteiger charge is -2.08. The molecule has 0 saturated heterocycles. The van der Waals surface area contributed by atoms with E-state index in [4.69, 9.17) is 16.0 Å². The van der Waals surface area contributed by atoms with Gasteiger partial charge in [0.2, 0.25) is 0 Å². The molecule has 40 heavy (non-hydrogen) atoms. The molecule has 0 fully saturated rings. The Morgan fingerprint density at radius 1 is 0.925 bits per heavy atom. The van der Waals surface area contributed by atoms with E-state index >= 15 is 0 Å². The van der Waals surface area contributed by atoms with Gasteiger partial charge in [0.25, 0.3) is 5.91 Å². The molecule has 0 unspecified atom stereocenters. The van der Waals surface area contributed by atoms with Gasteiger partial charge in [-0.25, -0.2) is 4.79 Å². The number of aromatic nitrogens is 3. The fourth-order valence-electron chi connectivity index (χ4n) is 4.58. The quantitative estimate of drug-likeness (QED) is 0.209. The molecule has 0 atom stereocenters. The first-order valence-electron chi connectivity index (χ1n) is 13.1. The minimum Gasteiger partial charge on any atom is -0.422 e. The topological polar surface area (TPSA) is 90.0 Å². The van der Waals surface area contributed by atoms with Crippen molar-refractivity contribution in [2.45, 2.75) is 26.2 Å². The second kappa shape index (κ2) is 10.8. The third-order valence-electron chi connectivity index (χ3n) is 6.80. The van der Waals surface area contributed by atoms with Gasteiger partial charge in [-0.2, -0.15) is 4.80 Å². The molecule has 4 aromatic carbocycles. The molecule has 1 amide bonds. The Kier molecular flexibility index (Phi) is 6.88. The average molecular weight is 549 g/mol. The van der Waals surface area contributed by atoms with Crippen LogP contribution in [0.5, 0.6) is 0 Å². The third kappa shape index (κ3) is 5.11. The molecule has 7 nitrogen and oxygen atoms in total. The maximum Gasteiger partial charge on any atom is 0.344 e. The van der Waals surface area contributed by atoms with Gasteiger partial charge in [-0.1, -0.05) is 67.4 Å². The molecule has 0 aliphatic carbocycles. The average Bonchev–Trinajstić information content (AvgIpc) is 3.39. The molecular formula is C32H25ClN4O3. The number of nitrogens with zero attached hydrogens (tertiary/aromatic N) is 3. The molecular weight excluding hydrogens is 524 g/mol. The number of hydrogen-bond donors (Lipinski definition) is 1. The summed E-state index contributed by atoms with van der Waals surface area (Å²) in [7, 11) is 0. The van der Waals surface area contributed by atoms with Crippen LogP contribution in [0.4, 0.5) is 5.69 Å². The van der Waals surface area contributed by atoms with E-state index in [9.17, 15) is 9.59 Å². The molecule has 1 N–H and O–H groups in total. The minimum atomic E-state index is -0.434. The van der Waals surface area contributed by atoms with Crippen LogP contribution in [-0.2, 0) is 6.42 Å². The lowest BCUT2D eigenvalue weighted by molar-refractivity contribution is 0.102. The Hall–Kier alpha value is -4.75. The molecule has 0 spiro atoms. The summed E-state index contributed by atoms with van der Waals surface area (Å²) in [5.41, 5.74) is 5.38. The molecule has 0 bridgehead atoms. The van der Waals surface area contributed by atoms with Crippen molar-refractivity contribution < 1.29 is 9.21 Å². The standard InChI is InChI=1S/C32H25ClN4O3/c1-2-3-6-20-9-15-24(16-10-20)37-35-28-18-26(33)27(19-29(28)36-37)34-31(38)22-13-11-21(12-14-22)25-17-23-7-4-5-8-30(23)40-32(25)39/h4-5,7-19H,2-3,6H2,1H3,(H,34,38). The van der Waals surface area contributed by atoms with E-state index < -0.39 is 5.63 Å². The van der Waals surface area contributed by atoms with E-state index in [-0.39, 0.29) is 5.91 Å². The van der Waals surface area contributed by atoms with E-state index in [0.29, 0.717) is 44.0 Å². The van der Waals surface area contributed by atoms with Gasteiger partial charge in [0.05, 0.1) is 22.0 Å². The number of anilines is 1. The smallest absolute Gasteiger partial charge is 0.344 e. The zero-order valence-electron chi connectivity index (χ0n) is 21.7. The SMILES string of the molecule is CCCCc1ccc(-n2nc3cc(Cl)c(NC(=O)c4ccc(-c5cc6ccccc6oc5=O)cc4)cc3n2)cc1. The van der Waals surface area contributed by atoms with Crippen LogP contribution in [0.15, 0.2) is 100 Å². The summed E-state index contributed by atoms with van der Waals surface area (Å²) < 4.78 is 5.44. The number of rotatable bonds is 7. The Morgan fingerprint density at radius 2 is 1.65 bits per heavy atom. The van der Waals surface area contributed by atoms with Gasteiger partial charge in [0.1, 0.15) is 16.6 Å². The first kappa shape index (κ1) is 25.5. The lowest BCUT2D eigenvalue weighted by atomic mass is 10.0. The highest BCUT2D eigenvalue weighted by Gasteiger charge is 2.14. The van der Waals surface area contributed by atoms with E-state index in [0.717, 1.165) is 30.3 Å². The van der Waals surface area contributed by atoms with Crippen LogP contribution >= 0.6 is 11.6 Å². The van der Waals surface area contributed by atoms with E-state index in [2.05, 4.69) is 34.6 Å². The zero-order chi connectivity index (χ0) is 27.6. The summed E-state index contributed by atoms with van der Waals surface area (Å²) in [6, 6.07) is 27.5. The molecule has 2 heterocycles. The molecule has 0 aliphatic rings. The molecule has 2 aromatic heterocycles. The monoisotopic (exact) mass is 548 g/mol. The molecule has 198 valence electrons. The zero-order valence-corrected chi connectivity index (χ0v) is 22.5. The predicted octanol–water partition coefficient (Wildman–Crippen LogP) is 7.44. The fourth-order valence-corrected chi connectivity index (χ4v) is 4.79. The Balaban J connectivity index is 1.21. The summed E-state index contributed by atoms with van der Waals surface area (Å²) in [4.78, 5) is 27.1. The van der Waals surface area contributed by atoms with Crippen LogP contribution in [0.25, 0.3) is 38.8 Å².